The van der Waals surface area contributed by atoms with Gasteiger partial charge in [0.15, 0.2) is 6.10 Å². The first-order valence-electron chi connectivity index (χ1n) is 5.39. The van der Waals surface area contributed by atoms with Crippen molar-refractivity contribution < 1.29 is 27.9 Å². The fourth-order valence-electron chi connectivity index (χ4n) is 1.25. The number of hydrogen-bond donors (Lipinski definition) is 4. The summed E-state index contributed by atoms with van der Waals surface area (Å²) in [4.78, 5) is 22.1. The van der Waals surface area contributed by atoms with Gasteiger partial charge in [0.05, 0.1) is 6.54 Å². The Morgan fingerprint density at radius 1 is 1.25 bits per heavy atom. The lowest BCUT2D eigenvalue weighted by Gasteiger charge is -2.15. The lowest BCUT2D eigenvalue weighted by atomic mass is 10.2. The molecule has 6 nitrogen and oxygen atoms in total. The van der Waals surface area contributed by atoms with E-state index in [4.69, 9.17) is 10.8 Å². The van der Waals surface area contributed by atoms with E-state index >= 15 is 0 Å². The van der Waals surface area contributed by atoms with Crippen LogP contribution in [0.5, 0.6) is 0 Å². The van der Waals surface area contributed by atoms with E-state index in [1.165, 1.54) is 24.3 Å². The molecule has 0 saturated heterocycles. The van der Waals surface area contributed by atoms with Crippen molar-refractivity contribution in [2.75, 3.05) is 11.9 Å². The Morgan fingerprint density at radius 3 is 2.25 bits per heavy atom. The van der Waals surface area contributed by atoms with Gasteiger partial charge in [-0.25, -0.2) is 4.79 Å². The van der Waals surface area contributed by atoms with Crippen LogP contribution < -0.4 is 16.4 Å². The quantitative estimate of drug-likeness (QED) is 0.660. The van der Waals surface area contributed by atoms with E-state index in [9.17, 15) is 22.8 Å². The van der Waals surface area contributed by atoms with Gasteiger partial charge < -0.3 is 21.5 Å². The molecule has 20 heavy (non-hydrogen) atoms. The molecule has 5 N–H and O–H groups in total. The van der Waals surface area contributed by atoms with Crippen molar-refractivity contribution in [3.8, 4) is 0 Å². The number of nitrogens with one attached hydrogen (secondary N) is 2. The standard InChI is InChI=1S/C11H12F3N3O3/c12-11(13,14)8(18)5-16-9(19)6-1-3-7(4-2-6)17-10(15)20/h1-4,8,18H,5H2,(H,16,19)(H3,15,17,20). The number of anilines is 1. The van der Waals surface area contributed by atoms with E-state index in [1.807, 2.05) is 5.32 Å². The van der Waals surface area contributed by atoms with Gasteiger partial charge >= 0.3 is 12.2 Å². The minimum atomic E-state index is -4.79. The molecule has 0 heterocycles. The highest BCUT2D eigenvalue weighted by atomic mass is 19.4. The van der Waals surface area contributed by atoms with Gasteiger partial charge in [0.1, 0.15) is 0 Å². The molecule has 1 rings (SSSR count). The van der Waals surface area contributed by atoms with Gasteiger partial charge in [0.2, 0.25) is 0 Å². The zero-order valence-electron chi connectivity index (χ0n) is 10.1. The molecule has 110 valence electrons. The van der Waals surface area contributed by atoms with Crippen molar-refractivity contribution in [1.82, 2.24) is 5.32 Å². The van der Waals surface area contributed by atoms with Crippen molar-refractivity contribution in [2.24, 2.45) is 5.73 Å². The van der Waals surface area contributed by atoms with Crippen molar-refractivity contribution >= 4 is 17.6 Å². The first-order chi connectivity index (χ1) is 9.20. The summed E-state index contributed by atoms with van der Waals surface area (Å²) in [5.74, 6) is -0.779. The first kappa shape index (κ1) is 15.8. The molecule has 0 aliphatic rings. The Hall–Kier alpha value is -2.29. The summed E-state index contributed by atoms with van der Waals surface area (Å²) in [6.07, 6.45) is -7.41. The van der Waals surface area contributed by atoms with Gasteiger partial charge in [-0.1, -0.05) is 0 Å². The maximum atomic E-state index is 12.0. The van der Waals surface area contributed by atoms with Gasteiger partial charge in [0, 0.05) is 11.3 Å². The Bertz CT molecular complexity index is 488. The normalized spacial score (nSPS) is 12.6. The van der Waals surface area contributed by atoms with Crippen LogP contribution in [-0.4, -0.2) is 35.9 Å². The summed E-state index contributed by atoms with van der Waals surface area (Å²) in [5.41, 5.74) is 5.30. The number of amides is 3. The van der Waals surface area contributed by atoms with E-state index < -0.39 is 30.8 Å². The second-order valence-corrected chi connectivity index (χ2v) is 3.83. The highest BCUT2D eigenvalue weighted by molar-refractivity contribution is 5.95. The third-order valence-corrected chi connectivity index (χ3v) is 2.25. The number of rotatable bonds is 4. The topological polar surface area (TPSA) is 104 Å². The van der Waals surface area contributed by atoms with Gasteiger partial charge in [-0.3, -0.25) is 4.79 Å². The molecule has 0 aliphatic carbocycles. The average Bonchev–Trinajstić information content (AvgIpc) is 2.34. The summed E-state index contributed by atoms with van der Waals surface area (Å²) >= 11 is 0. The molecule has 0 radical (unpaired) electrons. The number of primary amides is 1. The van der Waals surface area contributed by atoms with Crippen LogP contribution in [0, 0.1) is 0 Å². The molecule has 1 atom stereocenters. The molecule has 1 aromatic rings. The molecule has 3 amide bonds. The minimum absolute atomic E-state index is 0.0781. The van der Waals surface area contributed by atoms with Crippen molar-refractivity contribution in [3.05, 3.63) is 29.8 Å². The van der Waals surface area contributed by atoms with Crippen molar-refractivity contribution in [2.45, 2.75) is 12.3 Å². The number of aliphatic hydroxyl groups is 1. The summed E-state index contributed by atoms with van der Waals surface area (Å²) in [6, 6.07) is 4.52. The molecule has 1 aromatic carbocycles. The molecule has 0 fully saturated rings. The van der Waals surface area contributed by atoms with Crippen LogP contribution in [0.2, 0.25) is 0 Å². The molecular weight excluding hydrogens is 279 g/mol. The predicted molar refractivity (Wildman–Crippen MR) is 64.0 cm³/mol. The largest absolute Gasteiger partial charge is 0.416 e. The minimum Gasteiger partial charge on any atom is -0.382 e. The molecule has 1 unspecified atom stereocenters. The number of aliphatic hydroxyl groups excluding tert-OH is 1. The van der Waals surface area contributed by atoms with Gasteiger partial charge in [-0.15, -0.1) is 0 Å². The van der Waals surface area contributed by atoms with Crippen LogP contribution in [0.4, 0.5) is 23.7 Å². The lowest BCUT2D eigenvalue weighted by Crippen LogP contribution is -2.40. The number of halogens is 3. The van der Waals surface area contributed by atoms with Crippen molar-refractivity contribution in [3.63, 3.8) is 0 Å². The Labute approximate surface area is 111 Å². The van der Waals surface area contributed by atoms with Gasteiger partial charge in [-0.05, 0) is 24.3 Å². The maximum absolute atomic E-state index is 12.0. The number of urea groups is 1. The third kappa shape index (κ3) is 4.76. The summed E-state index contributed by atoms with van der Waals surface area (Å²) in [7, 11) is 0. The van der Waals surface area contributed by atoms with Gasteiger partial charge in [-0.2, -0.15) is 13.2 Å². The summed E-state index contributed by atoms with van der Waals surface area (Å²) in [5, 5.41) is 12.9. The third-order valence-electron chi connectivity index (χ3n) is 2.25. The van der Waals surface area contributed by atoms with Gasteiger partial charge in [0.25, 0.3) is 5.91 Å². The zero-order valence-corrected chi connectivity index (χ0v) is 10.1. The molecule has 0 saturated carbocycles. The lowest BCUT2D eigenvalue weighted by molar-refractivity contribution is -0.201. The first-order valence-corrected chi connectivity index (χ1v) is 5.39. The van der Waals surface area contributed by atoms with Crippen LogP contribution >= 0.6 is 0 Å². The average molecular weight is 291 g/mol. The molecular formula is C11H12F3N3O3. The number of carbonyl (C=O) groups excluding carboxylic acids is 2. The van der Waals surface area contributed by atoms with Crippen LogP contribution in [0.3, 0.4) is 0 Å². The number of benzene rings is 1. The highest BCUT2D eigenvalue weighted by Crippen LogP contribution is 2.19. The number of hydrogen-bond acceptors (Lipinski definition) is 3. The molecule has 0 aliphatic heterocycles. The van der Waals surface area contributed by atoms with E-state index in [1.54, 1.807) is 0 Å². The number of carbonyl (C=O) groups is 2. The van der Waals surface area contributed by atoms with E-state index in [2.05, 4.69) is 5.32 Å². The summed E-state index contributed by atoms with van der Waals surface area (Å²) < 4.78 is 36.1. The fourth-order valence-corrected chi connectivity index (χ4v) is 1.25. The Morgan fingerprint density at radius 2 is 1.80 bits per heavy atom. The SMILES string of the molecule is NC(=O)Nc1ccc(C(=O)NCC(O)C(F)(F)F)cc1. The Balaban J connectivity index is 2.58. The zero-order chi connectivity index (χ0) is 15.3. The Kier molecular flexibility index (Phi) is 4.92. The molecule has 0 aromatic heterocycles. The second kappa shape index (κ2) is 6.24. The number of nitrogens with two attached hydrogens (primary N) is 1. The van der Waals surface area contributed by atoms with Crippen LogP contribution in [0.1, 0.15) is 10.4 Å². The van der Waals surface area contributed by atoms with Crippen molar-refractivity contribution in [1.29, 1.82) is 0 Å². The highest BCUT2D eigenvalue weighted by Gasteiger charge is 2.38. The van der Waals surface area contributed by atoms with Crippen LogP contribution in [0.25, 0.3) is 0 Å². The molecule has 0 bridgehead atoms. The van der Waals surface area contributed by atoms with E-state index in [0.717, 1.165) is 0 Å². The second-order valence-electron chi connectivity index (χ2n) is 3.83. The molecule has 9 heteroatoms. The predicted octanol–water partition coefficient (Wildman–Crippen LogP) is 0.830. The fraction of sp³-hybridized carbons (Fsp3) is 0.273. The monoisotopic (exact) mass is 291 g/mol. The van der Waals surface area contributed by atoms with E-state index in [0.29, 0.717) is 5.69 Å². The molecule has 0 spiro atoms. The number of alkyl halides is 3. The summed E-state index contributed by atoms with van der Waals surface area (Å²) in [6.45, 7) is -0.941. The van der Waals surface area contributed by atoms with Crippen LogP contribution in [0.15, 0.2) is 24.3 Å². The van der Waals surface area contributed by atoms with Crippen LogP contribution in [-0.2, 0) is 0 Å². The maximum Gasteiger partial charge on any atom is 0.416 e. The smallest absolute Gasteiger partial charge is 0.382 e. The van der Waals surface area contributed by atoms with E-state index in [-0.39, 0.29) is 5.56 Å².